The van der Waals surface area contributed by atoms with Gasteiger partial charge in [-0.1, -0.05) is 30.3 Å². The third-order valence-electron chi connectivity index (χ3n) is 4.41. The molecule has 1 aliphatic carbocycles. The van der Waals surface area contributed by atoms with E-state index in [2.05, 4.69) is 11.1 Å². The first-order valence-corrected chi connectivity index (χ1v) is 7.80. The summed E-state index contributed by atoms with van der Waals surface area (Å²) in [5.74, 6) is -0.249. The number of pyridine rings is 1. The fourth-order valence-electron chi connectivity index (χ4n) is 3.31. The van der Waals surface area contributed by atoms with Crippen molar-refractivity contribution < 1.29 is 9.53 Å². The highest BCUT2D eigenvalue weighted by Crippen LogP contribution is 2.29. The summed E-state index contributed by atoms with van der Waals surface area (Å²) >= 11 is 0. The van der Waals surface area contributed by atoms with Crippen molar-refractivity contribution in [3.63, 3.8) is 0 Å². The van der Waals surface area contributed by atoms with Gasteiger partial charge in [0.05, 0.1) is 11.1 Å². The topological polar surface area (TPSA) is 39.2 Å². The predicted octanol–water partition coefficient (Wildman–Crippen LogP) is 4.49. The summed E-state index contributed by atoms with van der Waals surface area (Å²) in [6.45, 7) is 0. The minimum atomic E-state index is -0.249. The van der Waals surface area contributed by atoms with E-state index < -0.39 is 0 Å². The third kappa shape index (κ3) is 2.23. The number of benzene rings is 2. The molecule has 3 nitrogen and oxygen atoms in total. The van der Waals surface area contributed by atoms with Crippen LogP contribution in [0.25, 0.3) is 21.7 Å². The van der Waals surface area contributed by atoms with Gasteiger partial charge in [-0.15, -0.1) is 0 Å². The SMILES string of the molecule is O=C(OC1CCCC1)c1cc2ccccc2c2cccnc12. The van der Waals surface area contributed by atoms with Crippen LogP contribution in [-0.4, -0.2) is 17.1 Å². The van der Waals surface area contributed by atoms with Crippen molar-refractivity contribution in [3.8, 4) is 0 Å². The first-order chi connectivity index (χ1) is 10.8. The Morgan fingerprint density at radius 3 is 2.68 bits per heavy atom. The van der Waals surface area contributed by atoms with Gasteiger partial charge in [-0.3, -0.25) is 4.98 Å². The maximum absolute atomic E-state index is 12.6. The van der Waals surface area contributed by atoms with E-state index in [0.717, 1.165) is 47.4 Å². The molecule has 4 rings (SSSR count). The largest absolute Gasteiger partial charge is 0.459 e. The zero-order valence-electron chi connectivity index (χ0n) is 12.3. The van der Waals surface area contributed by atoms with Crippen LogP contribution in [0, 0.1) is 0 Å². The van der Waals surface area contributed by atoms with Gasteiger partial charge >= 0.3 is 5.97 Å². The van der Waals surface area contributed by atoms with E-state index in [4.69, 9.17) is 4.74 Å². The van der Waals surface area contributed by atoms with Crippen LogP contribution in [-0.2, 0) is 4.74 Å². The first-order valence-electron chi connectivity index (χ1n) is 7.80. The molecule has 2 aromatic carbocycles. The summed E-state index contributed by atoms with van der Waals surface area (Å²) in [5.41, 5.74) is 1.30. The van der Waals surface area contributed by atoms with Crippen LogP contribution in [0.2, 0.25) is 0 Å². The first kappa shape index (κ1) is 13.3. The molecule has 0 unspecified atom stereocenters. The van der Waals surface area contributed by atoms with Gasteiger partial charge in [0.15, 0.2) is 0 Å². The summed E-state index contributed by atoms with van der Waals surface area (Å²) in [6, 6.07) is 13.9. The van der Waals surface area contributed by atoms with Crippen molar-refractivity contribution in [1.29, 1.82) is 0 Å². The van der Waals surface area contributed by atoms with Gasteiger partial charge in [0.2, 0.25) is 0 Å². The van der Waals surface area contributed by atoms with Gasteiger partial charge in [0, 0.05) is 11.6 Å². The zero-order chi connectivity index (χ0) is 14.9. The lowest BCUT2D eigenvalue weighted by molar-refractivity contribution is 0.0320. The highest BCUT2D eigenvalue weighted by Gasteiger charge is 2.22. The van der Waals surface area contributed by atoms with Crippen LogP contribution >= 0.6 is 0 Å². The van der Waals surface area contributed by atoms with Gasteiger partial charge in [-0.25, -0.2) is 4.79 Å². The molecule has 110 valence electrons. The number of esters is 1. The van der Waals surface area contributed by atoms with Crippen LogP contribution in [0.15, 0.2) is 48.7 Å². The molecule has 0 spiro atoms. The standard InChI is InChI=1S/C19H17NO2/c21-19(22-14-7-2-3-8-14)17-12-13-6-1-4-9-15(13)16-10-5-11-20-18(16)17/h1,4-6,9-12,14H,2-3,7-8H2. The molecule has 0 bridgehead atoms. The molecule has 1 aromatic heterocycles. The van der Waals surface area contributed by atoms with Gasteiger partial charge in [-0.2, -0.15) is 0 Å². The number of nitrogens with zero attached hydrogens (tertiary/aromatic N) is 1. The molecule has 1 aliphatic rings. The molecule has 0 radical (unpaired) electrons. The minimum Gasteiger partial charge on any atom is -0.459 e. The molecule has 3 heteroatoms. The zero-order valence-corrected chi connectivity index (χ0v) is 12.3. The lowest BCUT2D eigenvalue weighted by Crippen LogP contribution is -2.15. The normalized spacial score (nSPS) is 15.5. The van der Waals surface area contributed by atoms with Crippen molar-refractivity contribution in [3.05, 3.63) is 54.2 Å². The van der Waals surface area contributed by atoms with Crippen LogP contribution in [0.4, 0.5) is 0 Å². The van der Waals surface area contributed by atoms with Crippen LogP contribution in [0.3, 0.4) is 0 Å². The van der Waals surface area contributed by atoms with E-state index in [1.54, 1.807) is 6.20 Å². The second-order valence-corrected chi connectivity index (χ2v) is 5.86. The molecule has 0 atom stereocenters. The Morgan fingerprint density at radius 1 is 1.05 bits per heavy atom. The molecular weight excluding hydrogens is 274 g/mol. The van der Waals surface area contributed by atoms with Gasteiger partial charge in [0.25, 0.3) is 0 Å². The fourth-order valence-corrected chi connectivity index (χ4v) is 3.31. The van der Waals surface area contributed by atoms with Crippen molar-refractivity contribution in [1.82, 2.24) is 4.98 Å². The molecule has 22 heavy (non-hydrogen) atoms. The van der Waals surface area contributed by atoms with E-state index in [-0.39, 0.29) is 12.1 Å². The minimum absolute atomic E-state index is 0.0673. The Kier molecular flexibility index (Phi) is 3.26. The van der Waals surface area contributed by atoms with Gasteiger partial charge < -0.3 is 4.74 Å². The molecule has 3 aromatic rings. The molecule has 1 heterocycles. The van der Waals surface area contributed by atoms with E-state index in [0.29, 0.717) is 5.56 Å². The maximum Gasteiger partial charge on any atom is 0.340 e. The Morgan fingerprint density at radius 2 is 1.82 bits per heavy atom. The van der Waals surface area contributed by atoms with E-state index in [9.17, 15) is 4.79 Å². The average Bonchev–Trinajstić information content (AvgIpc) is 3.07. The predicted molar refractivity (Wildman–Crippen MR) is 86.9 cm³/mol. The highest BCUT2D eigenvalue weighted by molar-refractivity contribution is 6.14. The van der Waals surface area contributed by atoms with E-state index in [1.165, 1.54) is 0 Å². The second-order valence-electron chi connectivity index (χ2n) is 5.86. The van der Waals surface area contributed by atoms with Crippen molar-refractivity contribution in [2.24, 2.45) is 0 Å². The Bertz CT molecular complexity index is 850. The molecule has 1 saturated carbocycles. The van der Waals surface area contributed by atoms with Crippen molar-refractivity contribution in [2.75, 3.05) is 0 Å². The van der Waals surface area contributed by atoms with Crippen LogP contribution in [0.5, 0.6) is 0 Å². The summed E-state index contributed by atoms with van der Waals surface area (Å²) in [5, 5.41) is 3.16. The number of hydrogen-bond acceptors (Lipinski definition) is 3. The monoisotopic (exact) mass is 291 g/mol. The fraction of sp³-hybridized carbons (Fsp3) is 0.263. The average molecular weight is 291 g/mol. The number of carbonyl (C=O) groups excluding carboxylic acids is 1. The summed E-state index contributed by atoms with van der Waals surface area (Å²) in [6.07, 6.45) is 6.04. The van der Waals surface area contributed by atoms with Crippen LogP contribution in [0.1, 0.15) is 36.0 Å². The summed E-state index contributed by atoms with van der Waals surface area (Å²) < 4.78 is 5.68. The van der Waals surface area contributed by atoms with Crippen molar-refractivity contribution >= 4 is 27.6 Å². The molecule has 0 saturated heterocycles. The maximum atomic E-state index is 12.6. The third-order valence-corrected chi connectivity index (χ3v) is 4.41. The van der Waals surface area contributed by atoms with E-state index >= 15 is 0 Å². The summed E-state index contributed by atoms with van der Waals surface area (Å²) in [4.78, 5) is 17.0. The van der Waals surface area contributed by atoms with Gasteiger partial charge in [-0.05, 0) is 48.6 Å². The van der Waals surface area contributed by atoms with Crippen LogP contribution < -0.4 is 0 Å². The second kappa shape index (κ2) is 5.41. The Hall–Kier alpha value is -2.42. The number of ether oxygens (including phenoxy) is 1. The lowest BCUT2D eigenvalue weighted by Gasteiger charge is -2.13. The number of fused-ring (bicyclic) bond motifs is 3. The number of hydrogen-bond donors (Lipinski definition) is 0. The molecule has 0 amide bonds. The molecule has 1 fully saturated rings. The Labute approximate surface area is 128 Å². The number of carbonyl (C=O) groups is 1. The Balaban J connectivity index is 1.85. The van der Waals surface area contributed by atoms with E-state index in [1.807, 2.05) is 36.4 Å². The number of aromatic nitrogens is 1. The molecule has 0 N–H and O–H groups in total. The quantitative estimate of drug-likeness (QED) is 0.516. The van der Waals surface area contributed by atoms with Crippen molar-refractivity contribution in [2.45, 2.75) is 31.8 Å². The number of rotatable bonds is 2. The smallest absolute Gasteiger partial charge is 0.340 e. The lowest BCUT2D eigenvalue weighted by atomic mass is 10.0. The molecule has 0 aliphatic heterocycles. The van der Waals surface area contributed by atoms with Gasteiger partial charge in [0.1, 0.15) is 6.10 Å². The molecular formula is C19H17NO2. The highest BCUT2D eigenvalue weighted by atomic mass is 16.5. The summed E-state index contributed by atoms with van der Waals surface area (Å²) in [7, 11) is 0.